The van der Waals surface area contributed by atoms with Gasteiger partial charge in [0, 0.05) is 6.04 Å². The minimum atomic E-state index is -2.84. The molecule has 1 aliphatic carbocycles. The molecule has 0 atom stereocenters. The Hall–Kier alpha value is -1.92. The molecule has 5 nitrogen and oxygen atoms in total. The summed E-state index contributed by atoms with van der Waals surface area (Å²) in [5.74, 6) is 0.419. The van der Waals surface area contributed by atoms with Crippen molar-refractivity contribution in [2.24, 2.45) is 10.7 Å². The van der Waals surface area contributed by atoms with E-state index in [-0.39, 0.29) is 5.75 Å². The van der Waals surface area contributed by atoms with Gasteiger partial charge in [-0.1, -0.05) is 0 Å². The average Bonchev–Trinajstić information content (AvgIpc) is 2.32. The lowest BCUT2D eigenvalue weighted by Gasteiger charge is -2.26. The lowest BCUT2D eigenvalue weighted by atomic mass is 9.93. The molecule has 19 heavy (non-hydrogen) atoms. The molecule has 2 rings (SSSR count). The molecule has 1 aromatic heterocycles. The van der Waals surface area contributed by atoms with Gasteiger partial charge >= 0.3 is 6.61 Å². The van der Waals surface area contributed by atoms with Crippen molar-refractivity contribution >= 4 is 5.96 Å². The van der Waals surface area contributed by atoms with Gasteiger partial charge in [-0.15, -0.1) is 0 Å². The summed E-state index contributed by atoms with van der Waals surface area (Å²) in [6.07, 6.45) is 4.70. The average molecular weight is 270 g/mol. The zero-order chi connectivity index (χ0) is 13.7. The molecule has 0 spiro atoms. The van der Waals surface area contributed by atoms with Crippen LogP contribution in [0, 0.1) is 0 Å². The molecular weight excluding hydrogens is 254 g/mol. The second-order valence-electron chi connectivity index (χ2n) is 4.34. The van der Waals surface area contributed by atoms with Crippen LogP contribution in [0.3, 0.4) is 0 Å². The fraction of sp³-hybridized carbons (Fsp3) is 0.500. The first-order chi connectivity index (χ1) is 9.13. The van der Waals surface area contributed by atoms with E-state index in [0.717, 1.165) is 12.8 Å². The lowest BCUT2D eigenvalue weighted by molar-refractivity contribution is -0.0500. The quantitative estimate of drug-likeness (QED) is 0.630. The second-order valence-corrected chi connectivity index (χ2v) is 4.34. The molecule has 0 amide bonds. The van der Waals surface area contributed by atoms with Crippen molar-refractivity contribution in [1.29, 1.82) is 0 Å². The van der Waals surface area contributed by atoms with E-state index in [4.69, 9.17) is 5.73 Å². The van der Waals surface area contributed by atoms with Gasteiger partial charge < -0.3 is 15.8 Å². The lowest BCUT2D eigenvalue weighted by Crippen LogP contribution is -2.43. The number of alkyl halides is 2. The van der Waals surface area contributed by atoms with Crippen LogP contribution in [0.1, 0.15) is 25.0 Å². The molecule has 3 N–H and O–H groups in total. The minimum Gasteiger partial charge on any atom is -0.433 e. The molecular formula is C12H16F2N4O. The van der Waals surface area contributed by atoms with Crippen LogP contribution in [0.15, 0.2) is 23.3 Å². The molecule has 104 valence electrons. The van der Waals surface area contributed by atoms with Gasteiger partial charge in [0.2, 0.25) is 0 Å². The number of aromatic nitrogens is 1. The van der Waals surface area contributed by atoms with Crippen LogP contribution in [0.5, 0.6) is 5.75 Å². The number of aliphatic imine (C=N–C) groups is 1. The maximum Gasteiger partial charge on any atom is 0.387 e. The largest absolute Gasteiger partial charge is 0.433 e. The van der Waals surface area contributed by atoms with E-state index < -0.39 is 6.61 Å². The van der Waals surface area contributed by atoms with Crippen molar-refractivity contribution in [3.63, 3.8) is 0 Å². The normalized spacial score (nSPS) is 16.3. The number of hydrogen-bond acceptors (Lipinski definition) is 3. The summed E-state index contributed by atoms with van der Waals surface area (Å²) in [5, 5.41) is 3.10. The summed E-state index contributed by atoms with van der Waals surface area (Å²) in [4.78, 5) is 8.11. The van der Waals surface area contributed by atoms with Crippen molar-refractivity contribution in [2.75, 3.05) is 0 Å². The fourth-order valence-corrected chi connectivity index (χ4v) is 1.65. The Morgan fingerprint density at radius 1 is 1.53 bits per heavy atom. The van der Waals surface area contributed by atoms with Gasteiger partial charge in [-0.05, 0) is 31.4 Å². The Morgan fingerprint density at radius 3 is 2.84 bits per heavy atom. The highest BCUT2D eigenvalue weighted by Gasteiger charge is 2.17. The predicted molar refractivity (Wildman–Crippen MR) is 67.0 cm³/mol. The molecule has 0 aliphatic heterocycles. The summed E-state index contributed by atoms with van der Waals surface area (Å²) >= 11 is 0. The zero-order valence-corrected chi connectivity index (χ0v) is 10.4. The van der Waals surface area contributed by atoms with Crippen LogP contribution in [0.25, 0.3) is 0 Å². The fourth-order valence-electron chi connectivity index (χ4n) is 1.65. The third kappa shape index (κ3) is 4.35. The Labute approximate surface area is 109 Å². The molecule has 1 aromatic rings. The van der Waals surface area contributed by atoms with Crippen LogP contribution in [-0.4, -0.2) is 23.6 Å². The van der Waals surface area contributed by atoms with Gasteiger partial charge in [0.05, 0.1) is 18.4 Å². The SMILES string of the molecule is NC(=NCc1ccc(OC(F)F)cn1)NC1CCC1. The van der Waals surface area contributed by atoms with Crippen molar-refractivity contribution in [2.45, 2.75) is 38.5 Å². The van der Waals surface area contributed by atoms with Crippen LogP contribution >= 0.6 is 0 Å². The van der Waals surface area contributed by atoms with Crippen LogP contribution < -0.4 is 15.8 Å². The van der Waals surface area contributed by atoms with Crippen molar-refractivity contribution < 1.29 is 13.5 Å². The zero-order valence-electron chi connectivity index (χ0n) is 10.4. The standard InChI is InChI=1S/C12H16F2N4O/c13-11(14)19-10-5-4-9(16-7-10)6-17-12(15)18-8-2-1-3-8/h4-5,7-8,11H,1-3,6H2,(H3,15,17,18). The van der Waals surface area contributed by atoms with Gasteiger partial charge in [-0.25, -0.2) is 4.99 Å². The molecule has 1 fully saturated rings. The summed E-state index contributed by atoms with van der Waals surface area (Å²) in [5.41, 5.74) is 6.35. The molecule has 0 radical (unpaired) electrons. The van der Waals surface area contributed by atoms with Crippen molar-refractivity contribution in [3.05, 3.63) is 24.0 Å². The highest BCUT2D eigenvalue weighted by Crippen LogP contribution is 2.17. The number of nitrogens with zero attached hydrogens (tertiary/aromatic N) is 2. The van der Waals surface area contributed by atoms with Gasteiger partial charge in [0.15, 0.2) is 5.96 Å². The topological polar surface area (TPSA) is 72.5 Å². The number of nitrogens with two attached hydrogens (primary N) is 1. The molecule has 7 heteroatoms. The van der Waals surface area contributed by atoms with E-state index in [1.165, 1.54) is 18.7 Å². The predicted octanol–water partition coefficient (Wildman–Crippen LogP) is 1.64. The maximum absolute atomic E-state index is 11.9. The third-order valence-corrected chi connectivity index (χ3v) is 2.89. The molecule has 0 aromatic carbocycles. The number of rotatable bonds is 5. The Morgan fingerprint density at radius 2 is 2.32 bits per heavy atom. The van der Waals surface area contributed by atoms with E-state index in [1.54, 1.807) is 6.07 Å². The number of hydrogen-bond donors (Lipinski definition) is 2. The van der Waals surface area contributed by atoms with Gasteiger partial charge in [-0.3, -0.25) is 4.98 Å². The van der Waals surface area contributed by atoms with Crippen LogP contribution in [-0.2, 0) is 6.54 Å². The monoisotopic (exact) mass is 270 g/mol. The van der Waals surface area contributed by atoms with Gasteiger partial charge in [-0.2, -0.15) is 8.78 Å². The number of guanidine groups is 1. The molecule has 0 saturated heterocycles. The molecule has 0 bridgehead atoms. The number of halogens is 2. The molecule has 1 aliphatic rings. The Kier molecular flexibility index (Phi) is 4.48. The summed E-state index contributed by atoms with van der Waals surface area (Å²) in [6.45, 7) is -2.53. The summed E-state index contributed by atoms with van der Waals surface area (Å²) in [7, 11) is 0. The Balaban J connectivity index is 1.82. The van der Waals surface area contributed by atoms with Gasteiger partial charge in [0.25, 0.3) is 0 Å². The van der Waals surface area contributed by atoms with Crippen LogP contribution in [0.2, 0.25) is 0 Å². The first-order valence-corrected chi connectivity index (χ1v) is 6.09. The van der Waals surface area contributed by atoms with E-state index in [1.807, 2.05) is 0 Å². The first kappa shape index (κ1) is 13.5. The minimum absolute atomic E-state index is 0.0308. The van der Waals surface area contributed by atoms with Crippen molar-refractivity contribution in [3.8, 4) is 5.75 Å². The van der Waals surface area contributed by atoms with E-state index >= 15 is 0 Å². The molecule has 0 unspecified atom stereocenters. The number of pyridine rings is 1. The molecule has 1 heterocycles. The number of nitrogens with one attached hydrogen (secondary N) is 1. The number of ether oxygens (including phenoxy) is 1. The smallest absolute Gasteiger partial charge is 0.387 e. The van der Waals surface area contributed by atoms with E-state index in [9.17, 15) is 8.78 Å². The third-order valence-electron chi connectivity index (χ3n) is 2.89. The summed E-state index contributed by atoms with van der Waals surface area (Å²) < 4.78 is 28.1. The van der Waals surface area contributed by atoms with E-state index in [0.29, 0.717) is 24.2 Å². The van der Waals surface area contributed by atoms with Crippen LogP contribution in [0.4, 0.5) is 8.78 Å². The highest BCUT2D eigenvalue weighted by atomic mass is 19.3. The summed E-state index contributed by atoms with van der Waals surface area (Å²) in [6, 6.07) is 3.44. The van der Waals surface area contributed by atoms with Gasteiger partial charge in [0.1, 0.15) is 5.75 Å². The van der Waals surface area contributed by atoms with Crippen molar-refractivity contribution in [1.82, 2.24) is 10.3 Å². The Bertz CT molecular complexity index is 432. The molecule has 1 saturated carbocycles. The second kappa shape index (κ2) is 6.31. The first-order valence-electron chi connectivity index (χ1n) is 6.09. The van der Waals surface area contributed by atoms with E-state index in [2.05, 4.69) is 20.0 Å². The highest BCUT2D eigenvalue weighted by molar-refractivity contribution is 5.78. The maximum atomic E-state index is 11.9.